The lowest BCUT2D eigenvalue weighted by Crippen LogP contribution is -2.52. The fraction of sp³-hybridized carbons (Fsp3) is 0.462. The van der Waals surface area contributed by atoms with Crippen molar-refractivity contribution in [1.82, 2.24) is 0 Å². The molecule has 14 nitrogen and oxygen atoms in total. The minimum Gasteiger partial charge on any atom is -0.493 e. The molecule has 2 heterocycles. The molecule has 4 aromatic rings. The largest absolute Gasteiger partial charge is 0.493 e. The van der Waals surface area contributed by atoms with Gasteiger partial charge in [-0.1, -0.05) is 12.1 Å². The summed E-state index contributed by atoms with van der Waals surface area (Å²) in [4.78, 5) is 25.6. The van der Waals surface area contributed by atoms with Crippen molar-refractivity contribution < 1.29 is 65.9 Å². The molecule has 0 aliphatic carbocycles. The summed E-state index contributed by atoms with van der Waals surface area (Å²) in [6.07, 6.45) is 6.73. The predicted molar refractivity (Wildman–Crippen MR) is 251 cm³/mol. The lowest BCUT2D eigenvalue weighted by molar-refractivity contribution is -0.941. The maximum absolute atomic E-state index is 12.8. The summed E-state index contributed by atoms with van der Waals surface area (Å²) in [5, 5.41) is 0. The first-order chi connectivity index (χ1) is 31.9. The summed E-state index contributed by atoms with van der Waals surface area (Å²) in [7, 11) is 17.7. The van der Waals surface area contributed by atoms with Crippen molar-refractivity contribution in [3.8, 4) is 46.0 Å². The minimum atomic E-state index is -0.590. The van der Waals surface area contributed by atoms with E-state index in [0.29, 0.717) is 58.8 Å². The molecule has 0 spiro atoms. The third kappa shape index (κ3) is 11.3. The number of ether oxygens (including phenoxy) is 10. The number of quaternary nitrogens is 2. The van der Waals surface area contributed by atoms with E-state index in [4.69, 9.17) is 47.4 Å². The van der Waals surface area contributed by atoms with Crippen LogP contribution in [0.1, 0.15) is 58.3 Å². The fourth-order valence-electron chi connectivity index (χ4n) is 9.75. The number of carbonyl (C=O) groups excluding carboxylic acids is 2. The second-order valence-corrected chi connectivity index (χ2v) is 17.4. The molecule has 14 heteroatoms. The van der Waals surface area contributed by atoms with Crippen molar-refractivity contribution in [1.29, 1.82) is 0 Å². The predicted octanol–water partition coefficient (Wildman–Crippen LogP) is 7.45. The van der Waals surface area contributed by atoms with Gasteiger partial charge in [0, 0.05) is 61.8 Å². The normalized spacial score (nSPS) is 19.8. The molecule has 1 unspecified atom stereocenters. The number of likely N-dealkylation sites (N-methyl/N-ethyl adjacent to an activating group) is 2. The molecule has 0 N–H and O–H groups in total. The van der Waals surface area contributed by atoms with Crippen LogP contribution in [0.4, 0.5) is 0 Å². The molecular formula is C52H68N2O12+2. The molecule has 0 bridgehead atoms. The maximum Gasteiger partial charge on any atom is 0.331 e. The highest BCUT2D eigenvalue weighted by Crippen LogP contribution is 2.45. The first-order valence-corrected chi connectivity index (χ1v) is 22.5. The van der Waals surface area contributed by atoms with Gasteiger partial charge in [0.1, 0.15) is 12.1 Å². The number of fused-ring (bicyclic) bond motifs is 2. The van der Waals surface area contributed by atoms with Gasteiger partial charge in [0.05, 0.1) is 110 Å². The first kappa shape index (κ1) is 49.3. The van der Waals surface area contributed by atoms with Gasteiger partial charge in [0.15, 0.2) is 46.0 Å². The minimum absolute atomic E-state index is 0.0726. The number of hydrogen-bond donors (Lipinski definition) is 0. The van der Waals surface area contributed by atoms with E-state index in [0.717, 1.165) is 84.1 Å². The molecule has 0 amide bonds. The number of rotatable bonds is 22. The van der Waals surface area contributed by atoms with Crippen LogP contribution in [0.2, 0.25) is 0 Å². The summed E-state index contributed by atoms with van der Waals surface area (Å²) in [6.45, 7) is 3.69. The maximum atomic E-state index is 12.8. The van der Waals surface area contributed by atoms with Gasteiger partial charge in [-0.2, -0.15) is 0 Å². The van der Waals surface area contributed by atoms with E-state index in [1.807, 2.05) is 24.3 Å². The molecule has 2 aliphatic heterocycles. The van der Waals surface area contributed by atoms with Crippen molar-refractivity contribution in [2.75, 3.05) is 110 Å². The second-order valence-electron chi connectivity index (χ2n) is 17.4. The average Bonchev–Trinajstić information content (AvgIpc) is 3.34. The molecule has 0 aromatic heterocycles. The number of hydrogen-bond acceptors (Lipinski definition) is 12. The van der Waals surface area contributed by atoms with E-state index in [9.17, 15) is 9.59 Å². The third-order valence-electron chi connectivity index (χ3n) is 13.5. The quantitative estimate of drug-likeness (QED) is 0.0337. The van der Waals surface area contributed by atoms with Crippen LogP contribution in [0.5, 0.6) is 46.0 Å². The average molecular weight is 913 g/mol. The Morgan fingerprint density at radius 1 is 0.485 bits per heavy atom. The monoisotopic (exact) mass is 912 g/mol. The lowest BCUT2D eigenvalue weighted by atomic mass is 9.86. The molecule has 4 atom stereocenters. The Bertz CT molecular complexity index is 2190. The van der Waals surface area contributed by atoms with Crippen LogP contribution in [-0.4, -0.2) is 131 Å². The van der Waals surface area contributed by atoms with E-state index >= 15 is 0 Å². The number of carbonyl (C=O) groups is 2. The summed E-state index contributed by atoms with van der Waals surface area (Å²) in [5.74, 6) is 4.31. The van der Waals surface area contributed by atoms with Crippen LogP contribution in [0.25, 0.3) is 0 Å². The highest BCUT2D eigenvalue weighted by Gasteiger charge is 2.41. The van der Waals surface area contributed by atoms with E-state index in [2.05, 4.69) is 50.5 Å². The van der Waals surface area contributed by atoms with Gasteiger partial charge in [-0.05, 0) is 70.8 Å². The van der Waals surface area contributed by atoms with Gasteiger partial charge >= 0.3 is 11.9 Å². The SMILES string of the molecule is COc1ccc(C[C@@H]2c3cc(OC)c(OC)cc3CC[N+]2(C)CCCOC(=O)/C=C/C(=O)OCCC[N@+]2(C)CCc3cc(OC)c(OC)cc3[C@H]2Cc2ccc(OC)c(OC)c2)cc1OC. The highest BCUT2D eigenvalue weighted by molar-refractivity contribution is 5.91. The molecular weight excluding hydrogens is 845 g/mol. The van der Waals surface area contributed by atoms with Gasteiger partial charge in [0.25, 0.3) is 0 Å². The van der Waals surface area contributed by atoms with E-state index < -0.39 is 11.9 Å². The topological polar surface area (TPSA) is 126 Å². The van der Waals surface area contributed by atoms with Crippen molar-refractivity contribution >= 4 is 11.9 Å². The molecule has 2 aliphatic rings. The number of nitrogens with zero attached hydrogens (tertiary/aromatic N) is 2. The van der Waals surface area contributed by atoms with E-state index in [1.54, 1.807) is 56.9 Å². The molecule has 0 saturated carbocycles. The Labute approximate surface area is 390 Å². The number of esters is 2. The molecule has 66 heavy (non-hydrogen) atoms. The Morgan fingerprint density at radius 3 is 1.17 bits per heavy atom. The zero-order chi connectivity index (χ0) is 47.4. The van der Waals surface area contributed by atoms with Crippen LogP contribution >= 0.6 is 0 Å². The van der Waals surface area contributed by atoms with Crippen LogP contribution in [-0.2, 0) is 44.7 Å². The summed E-state index contributed by atoms with van der Waals surface area (Å²) in [5.41, 5.74) is 7.06. The Hall–Kier alpha value is -6.12. The highest BCUT2D eigenvalue weighted by atomic mass is 16.5. The van der Waals surface area contributed by atoms with Crippen LogP contribution in [0.15, 0.2) is 72.8 Å². The zero-order valence-electron chi connectivity index (χ0n) is 40.4. The first-order valence-electron chi connectivity index (χ1n) is 22.5. The van der Waals surface area contributed by atoms with Gasteiger partial charge in [-0.15, -0.1) is 0 Å². The van der Waals surface area contributed by atoms with Gasteiger partial charge < -0.3 is 56.3 Å². The van der Waals surface area contributed by atoms with Gasteiger partial charge in [-0.3, -0.25) is 0 Å². The number of benzene rings is 4. The van der Waals surface area contributed by atoms with Crippen molar-refractivity contribution in [2.45, 2.75) is 50.6 Å². The van der Waals surface area contributed by atoms with Crippen LogP contribution in [0.3, 0.4) is 0 Å². The standard InChI is InChI=1S/C52H68N2O12/c1-53(23-19-37-31-47(61-7)49(63-9)33-39(37)41(53)27-35-13-15-43(57-3)45(29-35)59-5)21-11-25-65-51(55)17-18-52(56)66-26-12-22-54(2)24-20-38-32-48(62-8)50(64-10)34-40(38)42(54)28-36-14-16-44(58-4)46(30-36)60-6/h13-18,29-34,41-42H,11-12,19-28H2,1-10H3/q+2/b18-17+/t41-,42-,53-,54?/m1/s1. The Kier molecular flexibility index (Phi) is 16.7. The molecule has 356 valence electrons. The van der Waals surface area contributed by atoms with Gasteiger partial charge in [0.2, 0.25) is 0 Å². The fourth-order valence-corrected chi connectivity index (χ4v) is 9.75. The van der Waals surface area contributed by atoms with Crippen LogP contribution in [0, 0.1) is 0 Å². The Morgan fingerprint density at radius 2 is 0.818 bits per heavy atom. The van der Waals surface area contributed by atoms with Crippen molar-refractivity contribution in [2.24, 2.45) is 0 Å². The molecule has 6 rings (SSSR count). The molecule has 0 radical (unpaired) electrons. The molecule has 4 aromatic carbocycles. The Balaban J connectivity index is 1.04. The van der Waals surface area contributed by atoms with Crippen molar-refractivity contribution in [3.63, 3.8) is 0 Å². The number of methoxy groups -OCH3 is 8. The van der Waals surface area contributed by atoms with E-state index in [1.165, 1.54) is 22.3 Å². The molecule has 0 saturated heterocycles. The summed E-state index contributed by atoms with van der Waals surface area (Å²) >= 11 is 0. The van der Waals surface area contributed by atoms with Crippen LogP contribution < -0.4 is 37.9 Å². The third-order valence-corrected chi connectivity index (χ3v) is 13.5. The summed E-state index contributed by atoms with van der Waals surface area (Å²) < 4.78 is 57.7. The summed E-state index contributed by atoms with van der Waals surface area (Å²) in [6, 6.07) is 20.6. The lowest BCUT2D eigenvalue weighted by Gasteiger charge is -2.46. The molecule has 0 fully saturated rings. The smallest absolute Gasteiger partial charge is 0.331 e. The van der Waals surface area contributed by atoms with E-state index in [-0.39, 0.29) is 25.3 Å². The van der Waals surface area contributed by atoms with Gasteiger partial charge in [-0.25, -0.2) is 9.59 Å². The second kappa shape index (κ2) is 22.4. The zero-order valence-corrected chi connectivity index (χ0v) is 40.4. The van der Waals surface area contributed by atoms with Crippen molar-refractivity contribution in [3.05, 3.63) is 106 Å².